The summed E-state index contributed by atoms with van der Waals surface area (Å²) < 4.78 is 31.6. The standard InChI is InChI=1S/C25H28N4O3S/c30-33(31,23-9-2-1-3-10-23)19-21-18-24(29-13-15-32-16-14-29)27-25(26-21)20-7-6-8-22(17-20)28-11-4-5-12-28/h1-3,6-10,17-18H,4-5,11-16,19H2. The molecular formula is C25H28N4O3S. The van der Waals surface area contributed by atoms with Gasteiger partial charge in [-0.2, -0.15) is 0 Å². The van der Waals surface area contributed by atoms with Crippen molar-refractivity contribution in [3.63, 3.8) is 0 Å². The van der Waals surface area contributed by atoms with Gasteiger partial charge in [-0.1, -0.05) is 30.3 Å². The molecule has 0 saturated carbocycles. The molecule has 3 heterocycles. The van der Waals surface area contributed by atoms with Gasteiger partial charge in [-0.3, -0.25) is 0 Å². The smallest absolute Gasteiger partial charge is 0.184 e. The predicted molar refractivity (Wildman–Crippen MR) is 129 cm³/mol. The molecule has 2 aliphatic rings. The second kappa shape index (κ2) is 9.49. The molecule has 0 amide bonds. The molecule has 0 unspecified atom stereocenters. The molecule has 5 rings (SSSR count). The lowest BCUT2D eigenvalue weighted by atomic mass is 10.1. The van der Waals surface area contributed by atoms with Crippen LogP contribution in [0.25, 0.3) is 11.4 Å². The molecule has 0 aliphatic carbocycles. The maximum Gasteiger partial charge on any atom is 0.184 e. The predicted octanol–water partition coefficient (Wildman–Crippen LogP) is 3.55. The first-order valence-electron chi connectivity index (χ1n) is 11.4. The van der Waals surface area contributed by atoms with Crippen LogP contribution in [0.3, 0.4) is 0 Å². The topological polar surface area (TPSA) is 75.6 Å². The Labute approximate surface area is 195 Å². The molecule has 7 nitrogen and oxygen atoms in total. The summed E-state index contributed by atoms with van der Waals surface area (Å²) in [5.74, 6) is 1.13. The number of morpholine rings is 1. The number of hydrogen-bond acceptors (Lipinski definition) is 7. The quantitative estimate of drug-likeness (QED) is 0.552. The number of sulfone groups is 1. The third kappa shape index (κ3) is 5.02. The van der Waals surface area contributed by atoms with E-state index in [0.717, 1.165) is 43.2 Å². The lowest BCUT2D eigenvalue weighted by Crippen LogP contribution is -2.37. The second-order valence-electron chi connectivity index (χ2n) is 8.46. The van der Waals surface area contributed by atoms with Gasteiger partial charge in [0.1, 0.15) is 5.82 Å². The molecule has 2 saturated heterocycles. The molecule has 3 aromatic rings. The third-order valence-electron chi connectivity index (χ3n) is 6.12. The Morgan fingerprint density at radius 1 is 0.818 bits per heavy atom. The van der Waals surface area contributed by atoms with E-state index in [2.05, 4.69) is 21.9 Å². The summed E-state index contributed by atoms with van der Waals surface area (Å²) in [4.78, 5) is 14.4. The maximum atomic E-state index is 13.1. The fourth-order valence-electron chi connectivity index (χ4n) is 4.36. The lowest BCUT2D eigenvalue weighted by molar-refractivity contribution is 0.122. The highest BCUT2D eigenvalue weighted by atomic mass is 32.2. The third-order valence-corrected chi connectivity index (χ3v) is 7.78. The van der Waals surface area contributed by atoms with Crippen molar-refractivity contribution in [2.24, 2.45) is 0 Å². The van der Waals surface area contributed by atoms with Gasteiger partial charge in [-0.25, -0.2) is 18.4 Å². The Balaban J connectivity index is 1.53. The molecule has 1 aromatic heterocycles. The number of aromatic nitrogens is 2. The van der Waals surface area contributed by atoms with Crippen LogP contribution in [-0.2, 0) is 20.3 Å². The van der Waals surface area contributed by atoms with Crippen LogP contribution < -0.4 is 9.80 Å². The van der Waals surface area contributed by atoms with E-state index in [1.165, 1.54) is 12.8 Å². The van der Waals surface area contributed by atoms with E-state index < -0.39 is 9.84 Å². The molecule has 8 heteroatoms. The maximum absolute atomic E-state index is 13.1. The Kier molecular flexibility index (Phi) is 6.28. The molecule has 2 aliphatic heterocycles. The zero-order valence-electron chi connectivity index (χ0n) is 18.6. The van der Waals surface area contributed by atoms with Crippen LogP contribution in [0.2, 0.25) is 0 Å². The molecule has 172 valence electrons. The molecule has 0 bridgehead atoms. The van der Waals surface area contributed by atoms with E-state index in [4.69, 9.17) is 14.7 Å². The highest BCUT2D eigenvalue weighted by Crippen LogP contribution is 2.28. The van der Waals surface area contributed by atoms with E-state index >= 15 is 0 Å². The number of ether oxygens (including phenoxy) is 1. The van der Waals surface area contributed by atoms with Crippen LogP contribution in [0.15, 0.2) is 65.6 Å². The van der Waals surface area contributed by atoms with Crippen molar-refractivity contribution in [3.8, 4) is 11.4 Å². The Morgan fingerprint density at radius 3 is 2.33 bits per heavy atom. The minimum Gasteiger partial charge on any atom is -0.378 e. The van der Waals surface area contributed by atoms with Crippen LogP contribution in [0, 0.1) is 0 Å². The van der Waals surface area contributed by atoms with Crippen LogP contribution in [0.4, 0.5) is 11.5 Å². The van der Waals surface area contributed by atoms with Crippen molar-refractivity contribution in [1.29, 1.82) is 0 Å². The molecule has 0 atom stereocenters. The molecular weight excluding hydrogens is 436 g/mol. The SMILES string of the molecule is O=S(=O)(Cc1cc(N2CCOCC2)nc(-c2cccc(N3CCCC3)c2)n1)c1ccccc1. The lowest BCUT2D eigenvalue weighted by Gasteiger charge is -2.28. The summed E-state index contributed by atoms with van der Waals surface area (Å²) in [6.07, 6.45) is 2.41. The Hall–Kier alpha value is -2.97. The average molecular weight is 465 g/mol. The molecule has 2 fully saturated rings. The Bertz CT molecular complexity index is 1210. The van der Waals surface area contributed by atoms with Crippen LogP contribution >= 0.6 is 0 Å². The zero-order valence-corrected chi connectivity index (χ0v) is 19.4. The highest BCUT2D eigenvalue weighted by molar-refractivity contribution is 7.90. The van der Waals surface area contributed by atoms with Crippen molar-refractivity contribution in [2.75, 3.05) is 49.2 Å². The van der Waals surface area contributed by atoms with Crippen molar-refractivity contribution in [1.82, 2.24) is 9.97 Å². The monoisotopic (exact) mass is 464 g/mol. The van der Waals surface area contributed by atoms with Crippen LogP contribution in [0.1, 0.15) is 18.5 Å². The van der Waals surface area contributed by atoms with Gasteiger partial charge < -0.3 is 14.5 Å². The van der Waals surface area contributed by atoms with Crippen molar-refractivity contribution in [2.45, 2.75) is 23.5 Å². The van der Waals surface area contributed by atoms with Crippen LogP contribution in [-0.4, -0.2) is 57.8 Å². The first-order chi connectivity index (χ1) is 16.1. The molecule has 0 N–H and O–H groups in total. The first-order valence-corrected chi connectivity index (χ1v) is 13.1. The number of rotatable bonds is 6. The summed E-state index contributed by atoms with van der Waals surface area (Å²) in [6, 6.07) is 18.6. The Morgan fingerprint density at radius 2 is 1.58 bits per heavy atom. The normalized spacial score (nSPS) is 16.8. The minimum atomic E-state index is -3.52. The summed E-state index contributed by atoms with van der Waals surface area (Å²) >= 11 is 0. The minimum absolute atomic E-state index is 0.171. The van der Waals surface area contributed by atoms with Crippen molar-refractivity contribution in [3.05, 3.63) is 66.4 Å². The van der Waals surface area contributed by atoms with E-state index in [-0.39, 0.29) is 5.75 Å². The van der Waals surface area contributed by atoms with E-state index in [0.29, 0.717) is 29.6 Å². The van der Waals surface area contributed by atoms with E-state index in [9.17, 15) is 8.42 Å². The molecule has 2 aromatic carbocycles. The molecule has 0 spiro atoms. The van der Waals surface area contributed by atoms with Gasteiger partial charge in [0.25, 0.3) is 0 Å². The fraction of sp³-hybridized carbons (Fsp3) is 0.360. The van der Waals surface area contributed by atoms with Gasteiger partial charge in [0.05, 0.1) is 29.6 Å². The molecule has 33 heavy (non-hydrogen) atoms. The number of hydrogen-bond donors (Lipinski definition) is 0. The summed E-state index contributed by atoms with van der Waals surface area (Å²) in [7, 11) is -3.52. The van der Waals surface area contributed by atoms with E-state index in [1.54, 1.807) is 30.3 Å². The largest absolute Gasteiger partial charge is 0.378 e. The van der Waals surface area contributed by atoms with Gasteiger partial charge >= 0.3 is 0 Å². The van der Waals surface area contributed by atoms with Gasteiger partial charge in [0, 0.05) is 43.5 Å². The first kappa shape index (κ1) is 21.9. The van der Waals surface area contributed by atoms with Crippen LogP contribution in [0.5, 0.6) is 0 Å². The van der Waals surface area contributed by atoms with Crippen molar-refractivity contribution >= 4 is 21.3 Å². The summed E-state index contributed by atoms with van der Waals surface area (Å²) in [6.45, 7) is 4.80. The number of benzene rings is 2. The van der Waals surface area contributed by atoms with Crippen molar-refractivity contribution < 1.29 is 13.2 Å². The number of nitrogens with zero attached hydrogens (tertiary/aromatic N) is 4. The average Bonchev–Trinajstić information content (AvgIpc) is 3.40. The zero-order chi connectivity index (χ0) is 22.7. The van der Waals surface area contributed by atoms with E-state index in [1.807, 2.05) is 18.2 Å². The highest BCUT2D eigenvalue weighted by Gasteiger charge is 2.21. The van der Waals surface area contributed by atoms with Gasteiger partial charge in [0.15, 0.2) is 15.7 Å². The second-order valence-corrected chi connectivity index (χ2v) is 10.4. The fourth-order valence-corrected chi connectivity index (χ4v) is 5.64. The number of anilines is 2. The summed E-state index contributed by atoms with van der Waals surface area (Å²) in [5.41, 5.74) is 2.55. The van der Waals surface area contributed by atoms with Gasteiger partial charge in [-0.15, -0.1) is 0 Å². The summed E-state index contributed by atoms with van der Waals surface area (Å²) in [5, 5.41) is 0. The van der Waals surface area contributed by atoms with Gasteiger partial charge in [-0.05, 0) is 37.1 Å². The molecule has 0 radical (unpaired) electrons. The van der Waals surface area contributed by atoms with Gasteiger partial charge in [0.2, 0.25) is 0 Å².